The van der Waals surface area contributed by atoms with Crippen LogP contribution in [0.25, 0.3) is 22.5 Å². The van der Waals surface area contributed by atoms with Crippen molar-refractivity contribution >= 4 is 11.8 Å². The Hall–Kier alpha value is -3.85. The lowest BCUT2D eigenvalue weighted by molar-refractivity contribution is -0.137. The van der Waals surface area contributed by atoms with Crippen molar-refractivity contribution in [3.8, 4) is 22.5 Å². The number of aliphatic hydroxyl groups excluding tert-OH is 1. The number of imidazole rings is 1. The highest BCUT2D eigenvalue weighted by atomic mass is 19.4. The molecule has 0 unspecified atom stereocenters. The minimum atomic E-state index is -4.38. The molecule has 2 aromatic heterocycles. The number of nitrogens with zero attached hydrogens (tertiary/aromatic N) is 4. The molecule has 9 heteroatoms. The van der Waals surface area contributed by atoms with Crippen LogP contribution in [0.2, 0.25) is 0 Å². The zero-order valence-electron chi connectivity index (χ0n) is 18.8. The number of aromatic nitrogens is 3. The number of pyridine rings is 1. The van der Waals surface area contributed by atoms with Gasteiger partial charge in [0.15, 0.2) is 0 Å². The van der Waals surface area contributed by atoms with Crippen LogP contribution in [0.4, 0.5) is 24.9 Å². The molecular weight excluding hydrogens is 455 g/mol. The van der Waals surface area contributed by atoms with Crippen LogP contribution in [0.1, 0.15) is 11.1 Å². The third-order valence-corrected chi connectivity index (χ3v) is 6.13. The van der Waals surface area contributed by atoms with E-state index in [1.165, 1.54) is 12.1 Å². The van der Waals surface area contributed by atoms with Gasteiger partial charge in [-0.2, -0.15) is 13.2 Å². The summed E-state index contributed by atoms with van der Waals surface area (Å²) >= 11 is 0. The van der Waals surface area contributed by atoms with Crippen LogP contribution >= 0.6 is 0 Å². The van der Waals surface area contributed by atoms with Crippen LogP contribution in [0.5, 0.6) is 0 Å². The average Bonchev–Trinajstić information content (AvgIpc) is 3.35. The molecule has 0 atom stereocenters. The Labute approximate surface area is 200 Å². The Bertz CT molecular complexity index is 1260. The van der Waals surface area contributed by atoms with E-state index in [1.807, 2.05) is 42.5 Å². The molecule has 2 N–H and O–H groups in total. The van der Waals surface area contributed by atoms with Crippen molar-refractivity contribution in [2.75, 3.05) is 36.0 Å². The highest BCUT2D eigenvalue weighted by Crippen LogP contribution is 2.35. The molecular formula is C26H24F3N5O. The predicted molar refractivity (Wildman–Crippen MR) is 129 cm³/mol. The molecule has 0 amide bonds. The van der Waals surface area contributed by atoms with Gasteiger partial charge < -0.3 is 19.9 Å². The summed E-state index contributed by atoms with van der Waals surface area (Å²) in [6, 6.07) is 18.5. The van der Waals surface area contributed by atoms with E-state index in [0.29, 0.717) is 30.3 Å². The van der Waals surface area contributed by atoms with Crippen LogP contribution < -0.4 is 9.80 Å². The van der Waals surface area contributed by atoms with Gasteiger partial charge in [0.05, 0.1) is 23.6 Å². The summed E-state index contributed by atoms with van der Waals surface area (Å²) in [7, 11) is 0. The Morgan fingerprint density at radius 1 is 0.829 bits per heavy atom. The predicted octanol–water partition coefficient (Wildman–Crippen LogP) is 4.98. The minimum absolute atomic E-state index is 0.0371. The summed E-state index contributed by atoms with van der Waals surface area (Å²) in [6.45, 7) is 2.85. The molecule has 6 nitrogen and oxygen atoms in total. The first-order valence-corrected chi connectivity index (χ1v) is 11.3. The number of piperazine rings is 1. The first-order valence-electron chi connectivity index (χ1n) is 11.3. The Kier molecular flexibility index (Phi) is 6.17. The lowest BCUT2D eigenvalue weighted by Crippen LogP contribution is -2.47. The van der Waals surface area contributed by atoms with E-state index in [2.05, 4.69) is 19.8 Å². The molecule has 35 heavy (non-hydrogen) atoms. The number of H-pyrrole nitrogens is 1. The smallest absolute Gasteiger partial charge is 0.392 e. The van der Waals surface area contributed by atoms with Gasteiger partial charge in [-0.1, -0.05) is 48.5 Å². The van der Waals surface area contributed by atoms with Gasteiger partial charge in [-0.25, -0.2) is 9.97 Å². The van der Waals surface area contributed by atoms with Crippen LogP contribution in [-0.4, -0.2) is 46.2 Å². The Morgan fingerprint density at radius 2 is 1.51 bits per heavy atom. The maximum Gasteiger partial charge on any atom is 0.416 e. The van der Waals surface area contributed by atoms with Crippen molar-refractivity contribution in [1.82, 2.24) is 15.0 Å². The molecule has 1 saturated heterocycles. The third kappa shape index (κ3) is 4.85. The number of rotatable bonds is 5. The molecule has 1 aliphatic heterocycles. The molecule has 0 saturated carbocycles. The number of nitrogens with one attached hydrogen (secondary N) is 1. The van der Waals surface area contributed by atoms with Crippen molar-refractivity contribution < 1.29 is 18.3 Å². The second-order valence-electron chi connectivity index (χ2n) is 8.38. The number of aliphatic hydroxyl groups is 1. The van der Waals surface area contributed by atoms with E-state index < -0.39 is 11.7 Å². The lowest BCUT2D eigenvalue weighted by atomic mass is 10.0. The molecule has 0 bridgehead atoms. The van der Waals surface area contributed by atoms with Gasteiger partial charge >= 0.3 is 6.18 Å². The zero-order chi connectivity index (χ0) is 24.4. The highest BCUT2D eigenvalue weighted by Gasteiger charge is 2.30. The molecule has 1 aliphatic rings. The topological polar surface area (TPSA) is 68.3 Å². The average molecular weight is 480 g/mol. The molecule has 5 rings (SSSR count). The van der Waals surface area contributed by atoms with Crippen LogP contribution in [0.3, 0.4) is 0 Å². The van der Waals surface area contributed by atoms with Gasteiger partial charge in [-0.3, -0.25) is 0 Å². The van der Waals surface area contributed by atoms with Gasteiger partial charge in [0, 0.05) is 43.5 Å². The Morgan fingerprint density at radius 3 is 2.11 bits per heavy atom. The second kappa shape index (κ2) is 9.42. The van der Waals surface area contributed by atoms with E-state index in [-0.39, 0.29) is 6.61 Å². The maximum absolute atomic E-state index is 13.1. The number of benzene rings is 2. The van der Waals surface area contributed by atoms with Crippen LogP contribution in [0, 0.1) is 0 Å². The monoisotopic (exact) mass is 479 g/mol. The first-order chi connectivity index (χ1) is 16.9. The number of anilines is 2. The normalized spacial score (nSPS) is 14.4. The number of aromatic amines is 1. The van der Waals surface area contributed by atoms with Gasteiger partial charge in [0.1, 0.15) is 5.82 Å². The second-order valence-corrected chi connectivity index (χ2v) is 8.38. The summed E-state index contributed by atoms with van der Waals surface area (Å²) in [5.74, 6) is 1.54. The number of hydrogen-bond donors (Lipinski definition) is 2. The SMILES string of the molecule is OCc1ccc(N2CCN(c3nc(-c4ccc(C(F)(F)F)cc4)c(-c4ccccc4)[nH]3)CC2)nc1. The maximum atomic E-state index is 13.1. The fourth-order valence-electron chi connectivity index (χ4n) is 4.19. The standard InChI is InChI=1S/C26H24F3N5O/c27-26(28,29)21-9-7-20(8-10-21)24-23(19-4-2-1-3-5-19)31-25(32-24)34-14-12-33(13-15-34)22-11-6-18(17-35)16-30-22/h1-11,16,35H,12-15,17H2,(H,31,32). The summed E-state index contributed by atoms with van der Waals surface area (Å²) in [5.41, 5.74) is 2.99. The van der Waals surface area contributed by atoms with Crippen molar-refractivity contribution in [2.45, 2.75) is 12.8 Å². The van der Waals surface area contributed by atoms with Crippen molar-refractivity contribution in [3.63, 3.8) is 0 Å². The number of halogens is 3. The van der Waals surface area contributed by atoms with E-state index in [1.54, 1.807) is 6.20 Å². The molecule has 3 heterocycles. The summed E-state index contributed by atoms with van der Waals surface area (Å²) < 4.78 is 39.2. The van der Waals surface area contributed by atoms with Gasteiger partial charge in [-0.15, -0.1) is 0 Å². The summed E-state index contributed by atoms with van der Waals surface area (Å²) in [5, 5.41) is 9.22. The van der Waals surface area contributed by atoms with Crippen LogP contribution in [0.15, 0.2) is 72.9 Å². The van der Waals surface area contributed by atoms with E-state index in [0.717, 1.165) is 47.9 Å². The molecule has 180 valence electrons. The zero-order valence-corrected chi connectivity index (χ0v) is 18.8. The van der Waals surface area contributed by atoms with E-state index in [4.69, 9.17) is 4.98 Å². The van der Waals surface area contributed by atoms with Crippen molar-refractivity contribution in [2.24, 2.45) is 0 Å². The molecule has 0 aliphatic carbocycles. The molecule has 2 aromatic carbocycles. The lowest BCUT2D eigenvalue weighted by Gasteiger charge is -2.35. The number of alkyl halides is 3. The van der Waals surface area contributed by atoms with Crippen molar-refractivity contribution in [3.05, 3.63) is 84.1 Å². The van der Waals surface area contributed by atoms with Gasteiger partial charge in [-0.05, 0) is 23.8 Å². The summed E-state index contributed by atoms with van der Waals surface area (Å²) in [4.78, 5) is 17.0. The van der Waals surface area contributed by atoms with Crippen LogP contribution in [-0.2, 0) is 12.8 Å². The van der Waals surface area contributed by atoms with E-state index in [9.17, 15) is 18.3 Å². The quantitative estimate of drug-likeness (QED) is 0.423. The molecule has 0 radical (unpaired) electrons. The van der Waals surface area contributed by atoms with Gasteiger partial charge in [0.2, 0.25) is 5.95 Å². The Balaban J connectivity index is 1.41. The van der Waals surface area contributed by atoms with E-state index >= 15 is 0 Å². The minimum Gasteiger partial charge on any atom is -0.392 e. The fraction of sp³-hybridized carbons (Fsp3) is 0.231. The fourth-order valence-corrected chi connectivity index (χ4v) is 4.19. The molecule has 1 fully saturated rings. The largest absolute Gasteiger partial charge is 0.416 e. The molecule has 0 spiro atoms. The van der Waals surface area contributed by atoms with Gasteiger partial charge in [0.25, 0.3) is 0 Å². The first kappa shape index (κ1) is 22.9. The molecule has 4 aromatic rings. The van der Waals surface area contributed by atoms with Crippen molar-refractivity contribution in [1.29, 1.82) is 0 Å². The number of hydrogen-bond acceptors (Lipinski definition) is 5. The summed E-state index contributed by atoms with van der Waals surface area (Å²) in [6.07, 6.45) is -2.71. The highest BCUT2D eigenvalue weighted by molar-refractivity contribution is 5.80. The third-order valence-electron chi connectivity index (χ3n) is 6.13.